The number of hydrogen-bond acceptors (Lipinski definition) is 2. The van der Waals surface area contributed by atoms with Crippen LogP contribution < -0.4 is 0 Å². The summed E-state index contributed by atoms with van der Waals surface area (Å²) in [4.78, 5) is 7.12. The Balaban J connectivity index is 0.000000128. The Kier molecular flexibility index (Phi) is 5.88. The number of thiocarbonyl (C=S) groups is 2. The summed E-state index contributed by atoms with van der Waals surface area (Å²) >= 11 is 11.2. The zero-order valence-corrected chi connectivity index (χ0v) is 19.1. The first-order chi connectivity index (χ1) is 14.7. The minimum Gasteiger partial charge on any atom is -0.356 e. The molecule has 0 amide bonds. The average molecular weight is 435 g/mol. The Hall–Kier alpha value is -1.78. The smallest absolute Gasteiger partial charge is 0.109 e. The molecule has 4 fully saturated rings. The van der Waals surface area contributed by atoms with Crippen LogP contribution >= 0.6 is 24.4 Å². The molecule has 0 N–H and O–H groups in total. The lowest BCUT2D eigenvalue weighted by molar-refractivity contribution is 0.407. The van der Waals surface area contributed by atoms with Crippen molar-refractivity contribution in [2.45, 2.75) is 75.5 Å². The van der Waals surface area contributed by atoms with Gasteiger partial charge >= 0.3 is 0 Å². The fourth-order valence-electron chi connectivity index (χ4n) is 5.95. The van der Waals surface area contributed by atoms with Crippen molar-refractivity contribution in [3.05, 3.63) is 71.8 Å². The molecule has 0 saturated carbocycles. The molecule has 4 heterocycles. The highest BCUT2D eigenvalue weighted by atomic mass is 32.1. The number of nitrogens with zero attached hydrogens (tertiary/aromatic N) is 2. The lowest BCUT2D eigenvalue weighted by atomic mass is 10.0. The summed E-state index contributed by atoms with van der Waals surface area (Å²) in [5.41, 5.74) is 2.43. The van der Waals surface area contributed by atoms with Crippen LogP contribution in [0.4, 0.5) is 0 Å². The van der Waals surface area contributed by atoms with Gasteiger partial charge in [0.05, 0.1) is 0 Å². The monoisotopic (exact) mass is 434 g/mol. The van der Waals surface area contributed by atoms with E-state index in [1.807, 2.05) is 12.1 Å². The zero-order valence-electron chi connectivity index (χ0n) is 17.5. The molecule has 4 saturated heterocycles. The van der Waals surface area contributed by atoms with Gasteiger partial charge < -0.3 is 9.80 Å². The van der Waals surface area contributed by atoms with Gasteiger partial charge in [0.1, 0.15) is 9.98 Å². The number of rotatable bonds is 2. The second kappa shape index (κ2) is 8.76. The van der Waals surface area contributed by atoms with Gasteiger partial charge in [-0.2, -0.15) is 0 Å². The Labute approximate surface area is 191 Å². The summed E-state index contributed by atoms with van der Waals surface area (Å²) in [6.07, 6.45) is 10.8. The van der Waals surface area contributed by atoms with Gasteiger partial charge in [-0.15, -0.1) is 0 Å². The third kappa shape index (κ3) is 3.80. The van der Waals surface area contributed by atoms with Crippen LogP contribution in [0.1, 0.15) is 62.5 Å². The van der Waals surface area contributed by atoms with Gasteiger partial charge in [0, 0.05) is 35.3 Å². The van der Waals surface area contributed by atoms with E-state index in [1.54, 1.807) is 0 Å². The molecule has 0 aromatic heterocycles. The predicted octanol–water partition coefficient (Wildman–Crippen LogP) is 5.98. The van der Waals surface area contributed by atoms with E-state index in [9.17, 15) is 0 Å². The first kappa shape index (κ1) is 20.1. The SMILES string of the molecule is S=C(c1ccccc1)N1C2CCC1CC2.S=C(c1ccccc1)N1C2CCC1CC2. The van der Waals surface area contributed by atoms with Gasteiger partial charge in [0.25, 0.3) is 0 Å². The first-order valence-electron chi connectivity index (χ1n) is 11.5. The fraction of sp³-hybridized carbons (Fsp3) is 0.462. The van der Waals surface area contributed by atoms with E-state index < -0.39 is 0 Å². The van der Waals surface area contributed by atoms with Gasteiger partial charge in [-0.3, -0.25) is 0 Å². The van der Waals surface area contributed by atoms with Crippen LogP contribution in [0.5, 0.6) is 0 Å². The highest BCUT2D eigenvalue weighted by Crippen LogP contribution is 2.39. The van der Waals surface area contributed by atoms with Crippen LogP contribution in [-0.2, 0) is 0 Å². The van der Waals surface area contributed by atoms with Crippen LogP contribution in [0, 0.1) is 0 Å². The molecule has 6 rings (SSSR count). The van der Waals surface area contributed by atoms with Crippen molar-refractivity contribution in [1.82, 2.24) is 9.80 Å². The second-order valence-corrected chi connectivity index (χ2v) is 9.85. The highest BCUT2D eigenvalue weighted by Gasteiger charge is 2.41. The maximum absolute atomic E-state index is 5.60. The molecule has 0 unspecified atom stereocenters. The molecular formula is C26H30N2S2. The van der Waals surface area contributed by atoms with Crippen LogP contribution in [0.3, 0.4) is 0 Å². The fourth-order valence-corrected chi connectivity index (χ4v) is 6.82. The largest absolute Gasteiger partial charge is 0.356 e. The normalized spacial score (nSPS) is 28.4. The van der Waals surface area contributed by atoms with Crippen molar-refractivity contribution in [3.8, 4) is 0 Å². The van der Waals surface area contributed by atoms with E-state index in [0.717, 1.165) is 34.1 Å². The molecule has 156 valence electrons. The van der Waals surface area contributed by atoms with Gasteiger partial charge in [-0.05, 0) is 51.4 Å². The van der Waals surface area contributed by atoms with Crippen LogP contribution in [-0.4, -0.2) is 43.9 Å². The summed E-state index contributed by atoms with van der Waals surface area (Å²) in [6, 6.07) is 23.8. The van der Waals surface area contributed by atoms with Crippen molar-refractivity contribution >= 4 is 34.4 Å². The Morgan fingerprint density at radius 1 is 0.500 bits per heavy atom. The Morgan fingerprint density at radius 2 is 0.767 bits per heavy atom. The van der Waals surface area contributed by atoms with E-state index in [0.29, 0.717) is 0 Å². The second-order valence-electron chi connectivity index (χ2n) is 9.08. The van der Waals surface area contributed by atoms with Crippen molar-refractivity contribution in [2.75, 3.05) is 0 Å². The number of benzene rings is 2. The summed E-state index contributed by atoms with van der Waals surface area (Å²) in [7, 11) is 0. The van der Waals surface area contributed by atoms with Crippen molar-refractivity contribution < 1.29 is 0 Å². The Morgan fingerprint density at radius 3 is 1.03 bits per heavy atom. The predicted molar refractivity (Wildman–Crippen MR) is 132 cm³/mol. The van der Waals surface area contributed by atoms with Crippen LogP contribution in [0.2, 0.25) is 0 Å². The summed E-state index contributed by atoms with van der Waals surface area (Å²) in [5.74, 6) is 0. The van der Waals surface area contributed by atoms with Crippen molar-refractivity contribution in [1.29, 1.82) is 0 Å². The van der Waals surface area contributed by atoms with E-state index in [2.05, 4.69) is 58.3 Å². The molecule has 0 radical (unpaired) electrons. The van der Waals surface area contributed by atoms with Crippen molar-refractivity contribution in [2.24, 2.45) is 0 Å². The molecule has 0 spiro atoms. The summed E-state index contributed by atoms with van der Waals surface area (Å²) in [5, 5.41) is 0. The van der Waals surface area contributed by atoms with Gasteiger partial charge in [-0.25, -0.2) is 0 Å². The standard InChI is InChI=1S/2C13H15NS/c2*15-13(10-4-2-1-3-5-10)14-11-6-7-12(14)9-8-11/h2*1-5,11-12H,6-9H2. The number of hydrogen-bond donors (Lipinski definition) is 0. The average Bonchev–Trinajstić information content (AvgIpc) is 3.60. The quantitative estimate of drug-likeness (QED) is 0.536. The van der Waals surface area contributed by atoms with Crippen molar-refractivity contribution in [3.63, 3.8) is 0 Å². The highest BCUT2D eigenvalue weighted by molar-refractivity contribution is 7.81. The van der Waals surface area contributed by atoms with E-state index >= 15 is 0 Å². The number of fused-ring (bicyclic) bond motifs is 4. The molecule has 0 atom stereocenters. The molecule has 4 heteroatoms. The summed E-state index contributed by atoms with van der Waals surface area (Å²) in [6.45, 7) is 0. The third-order valence-corrected chi connectivity index (χ3v) is 8.31. The van der Waals surface area contributed by atoms with E-state index in [-0.39, 0.29) is 0 Å². The molecule has 30 heavy (non-hydrogen) atoms. The third-order valence-electron chi connectivity index (χ3n) is 7.42. The van der Waals surface area contributed by atoms with Gasteiger partial charge in [0.2, 0.25) is 0 Å². The summed E-state index contributed by atoms with van der Waals surface area (Å²) < 4.78 is 0. The maximum Gasteiger partial charge on any atom is 0.109 e. The molecule has 2 nitrogen and oxygen atoms in total. The lowest BCUT2D eigenvalue weighted by Crippen LogP contribution is -2.34. The topological polar surface area (TPSA) is 6.48 Å². The van der Waals surface area contributed by atoms with Gasteiger partial charge in [-0.1, -0.05) is 85.1 Å². The van der Waals surface area contributed by atoms with Crippen LogP contribution in [0.25, 0.3) is 0 Å². The maximum atomic E-state index is 5.60. The van der Waals surface area contributed by atoms with E-state index in [4.69, 9.17) is 24.4 Å². The van der Waals surface area contributed by atoms with Gasteiger partial charge in [0.15, 0.2) is 0 Å². The lowest BCUT2D eigenvalue weighted by Gasteiger charge is -2.25. The molecule has 4 aliphatic heterocycles. The minimum atomic E-state index is 0.739. The minimum absolute atomic E-state index is 0.739. The molecular weight excluding hydrogens is 404 g/mol. The zero-order chi connectivity index (χ0) is 20.5. The molecule has 2 aromatic carbocycles. The molecule has 2 aromatic rings. The van der Waals surface area contributed by atoms with Crippen LogP contribution in [0.15, 0.2) is 60.7 Å². The molecule has 4 aliphatic rings. The Bertz CT molecular complexity index is 782. The molecule has 4 bridgehead atoms. The van der Waals surface area contributed by atoms with E-state index in [1.165, 1.54) is 62.5 Å². The first-order valence-corrected chi connectivity index (χ1v) is 12.3. The molecule has 0 aliphatic carbocycles.